The van der Waals surface area contributed by atoms with Crippen LogP contribution in [0.15, 0.2) is 34.9 Å². The highest BCUT2D eigenvalue weighted by atomic mass is 16.5. The van der Waals surface area contributed by atoms with Crippen LogP contribution in [-0.4, -0.2) is 34.0 Å². The molecule has 0 spiro atoms. The van der Waals surface area contributed by atoms with E-state index in [-0.39, 0.29) is 17.9 Å². The van der Waals surface area contributed by atoms with Gasteiger partial charge in [-0.1, -0.05) is 36.7 Å². The maximum Gasteiger partial charge on any atom is 0.264 e. The number of amides is 1. The molecule has 6 nitrogen and oxygen atoms in total. The molecule has 1 aromatic carbocycles. The average molecular weight is 355 g/mol. The fourth-order valence-corrected chi connectivity index (χ4v) is 3.74. The van der Waals surface area contributed by atoms with Crippen molar-refractivity contribution >= 4 is 5.91 Å². The standard InChI is InChI=1S/C20H25N3O3/c1-20(11-6-12-23(14-20)18(24)15-7-5-8-15)19-21-17(26-22-19)13-25-16-9-3-2-4-10-16/h2-4,9-10,15H,5-8,11-14H2,1H3. The van der Waals surface area contributed by atoms with Gasteiger partial charge in [-0.2, -0.15) is 4.98 Å². The van der Waals surface area contributed by atoms with Crippen molar-refractivity contribution in [3.8, 4) is 5.75 Å². The second-order valence-electron chi connectivity index (χ2n) is 7.67. The number of carbonyl (C=O) groups excluding carboxylic acids is 1. The number of hydrogen-bond donors (Lipinski definition) is 0. The third-order valence-electron chi connectivity index (χ3n) is 5.58. The summed E-state index contributed by atoms with van der Waals surface area (Å²) in [6.45, 7) is 3.88. The lowest BCUT2D eigenvalue weighted by atomic mass is 9.79. The van der Waals surface area contributed by atoms with E-state index in [4.69, 9.17) is 9.26 Å². The zero-order chi connectivity index (χ0) is 18.0. The summed E-state index contributed by atoms with van der Waals surface area (Å²) in [6, 6.07) is 9.57. The molecule has 0 N–H and O–H groups in total. The largest absolute Gasteiger partial charge is 0.484 e. The van der Waals surface area contributed by atoms with Crippen molar-refractivity contribution in [3.63, 3.8) is 0 Å². The molecule has 2 fully saturated rings. The Morgan fingerprint density at radius 2 is 2.12 bits per heavy atom. The summed E-state index contributed by atoms with van der Waals surface area (Å²) in [5, 5.41) is 4.19. The molecule has 2 aliphatic rings. The van der Waals surface area contributed by atoms with Crippen LogP contribution >= 0.6 is 0 Å². The number of rotatable bonds is 5. The van der Waals surface area contributed by atoms with Crippen molar-refractivity contribution in [2.75, 3.05) is 13.1 Å². The maximum atomic E-state index is 12.6. The Kier molecular flexibility index (Phi) is 4.66. The van der Waals surface area contributed by atoms with E-state index in [1.165, 1.54) is 6.42 Å². The third kappa shape index (κ3) is 3.45. The number of nitrogens with zero attached hydrogens (tertiary/aromatic N) is 3. The Morgan fingerprint density at radius 1 is 1.31 bits per heavy atom. The molecule has 26 heavy (non-hydrogen) atoms. The van der Waals surface area contributed by atoms with E-state index >= 15 is 0 Å². The van der Waals surface area contributed by atoms with E-state index < -0.39 is 0 Å². The number of benzene rings is 1. The predicted molar refractivity (Wildman–Crippen MR) is 95.6 cm³/mol. The molecule has 1 amide bonds. The molecule has 0 bridgehead atoms. The van der Waals surface area contributed by atoms with E-state index in [1.54, 1.807) is 0 Å². The lowest BCUT2D eigenvalue weighted by Crippen LogP contribution is -2.50. The molecule has 1 aliphatic heterocycles. The number of carbonyl (C=O) groups is 1. The highest BCUT2D eigenvalue weighted by Crippen LogP contribution is 2.35. The molecular weight excluding hydrogens is 330 g/mol. The van der Waals surface area contributed by atoms with Crippen molar-refractivity contribution < 1.29 is 14.1 Å². The van der Waals surface area contributed by atoms with Crippen LogP contribution in [0.25, 0.3) is 0 Å². The number of ether oxygens (including phenoxy) is 1. The van der Waals surface area contributed by atoms with Gasteiger partial charge in [0.2, 0.25) is 5.91 Å². The van der Waals surface area contributed by atoms with Crippen LogP contribution in [0.5, 0.6) is 5.75 Å². The first-order chi connectivity index (χ1) is 12.6. The van der Waals surface area contributed by atoms with Gasteiger partial charge in [0.15, 0.2) is 12.4 Å². The molecule has 1 unspecified atom stereocenters. The normalized spacial score (nSPS) is 23.5. The van der Waals surface area contributed by atoms with Crippen LogP contribution in [0.2, 0.25) is 0 Å². The number of aromatic nitrogens is 2. The first-order valence-corrected chi connectivity index (χ1v) is 9.44. The van der Waals surface area contributed by atoms with Crippen LogP contribution in [0.3, 0.4) is 0 Å². The van der Waals surface area contributed by atoms with Crippen LogP contribution in [0, 0.1) is 5.92 Å². The molecule has 1 saturated carbocycles. The summed E-state index contributed by atoms with van der Waals surface area (Å²) in [7, 11) is 0. The Morgan fingerprint density at radius 3 is 2.85 bits per heavy atom. The minimum absolute atomic E-state index is 0.234. The van der Waals surface area contributed by atoms with Gasteiger partial charge in [0, 0.05) is 24.4 Å². The molecule has 1 saturated heterocycles. The van der Waals surface area contributed by atoms with Crippen LogP contribution in [0.1, 0.15) is 50.7 Å². The number of hydrogen-bond acceptors (Lipinski definition) is 5. The minimum Gasteiger partial charge on any atom is -0.484 e. The Bertz CT molecular complexity index is 757. The molecule has 1 aromatic heterocycles. The highest BCUT2D eigenvalue weighted by Gasteiger charge is 2.40. The average Bonchev–Trinajstić information content (AvgIpc) is 3.09. The summed E-state index contributed by atoms with van der Waals surface area (Å²) in [5.41, 5.74) is -0.258. The smallest absolute Gasteiger partial charge is 0.264 e. The monoisotopic (exact) mass is 355 g/mol. The van der Waals surface area contributed by atoms with Gasteiger partial charge in [-0.05, 0) is 37.8 Å². The summed E-state index contributed by atoms with van der Waals surface area (Å²) in [5.74, 6) is 2.45. The topological polar surface area (TPSA) is 68.5 Å². The second-order valence-corrected chi connectivity index (χ2v) is 7.67. The van der Waals surface area contributed by atoms with E-state index in [2.05, 4.69) is 17.1 Å². The van der Waals surface area contributed by atoms with Crippen LogP contribution in [0.4, 0.5) is 0 Å². The van der Waals surface area contributed by atoms with Crippen molar-refractivity contribution in [2.24, 2.45) is 5.92 Å². The summed E-state index contributed by atoms with van der Waals surface area (Å²) in [4.78, 5) is 19.2. The first-order valence-electron chi connectivity index (χ1n) is 9.44. The summed E-state index contributed by atoms with van der Waals surface area (Å²) < 4.78 is 11.1. The van der Waals surface area contributed by atoms with Crippen molar-refractivity contribution in [1.29, 1.82) is 0 Å². The molecule has 4 rings (SSSR count). The minimum atomic E-state index is -0.258. The number of piperidine rings is 1. The van der Waals surface area contributed by atoms with Gasteiger partial charge >= 0.3 is 0 Å². The summed E-state index contributed by atoms with van der Waals surface area (Å²) >= 11 is 0. The van der Waals surface area contributed by atoms with Gasteiger partial charge in [-0.3, -0.25) is 4.79 Å². The quantitative estimate of drug-likeness (QED) is 0.823. The predicted octanol–water partition coefficient (Wildman–Crippen LogP) is 3.33. The molecule has 2 heterocycles. The van der Waals surface area contributed by atoms with Crippen molar-refractivity contribution in [3.05, 3.63) is 42.0 Å². The molecule has 0 radical (unpaired) electrons. The Labute approximate surface area is 153 Å². The Balaban J connectivity index is 1.41. The van der Waals surface area contributed by atoms with Gasteiger partial charge in [0.25, 0.3) is 5.89 Å². The molecule has 6 heteroatoms. The van der Waals surface area contributed by atoms with Gasteiger partial charge in [-0.25, -0.2) is 0 Å². The molecule has 138 valence electrons. The third-order valence-corrected chi connectivity index (χ3v) is 5.58. The SMILES string of the molecule is CC1(c2noc(COc3ccccc3)n2)CCCN(C(=O)C2CCC2)C1. The van der Waals surface area contributed by atoms with Gasteiger partial charge in [0.05, 0.1) is 0 Å². The maximum absolute atomic E-state index is 12.6. The molecule has 2 aromatic rings. The molecule has 1 atom stereocenters. The van der Waals surface area contributed by atoms with E-state index in [0.29, 0.717) is 24.2 Å². The van der Waals surface area contributed by atoms with Crippen LogP contribution in [-0.2, 0) is 16.8 Å². The van der Waals surface area contributed by atoms with E-state index in [0.717, 1.165) is 38.0 Å². The zero-order valence-corrected chi connectivity index (χ0v) is 15.2. The van der Waals surface area contributed by atoms with Crippen molar-refractivity contribution in [2.45, 2.75) is 51.0 Å². The van der Waals surface area contributed by atoms with Crippen LogP contribution < -0.4 is 4.74 Å². The Hall–Kier alpha value is -2.37. The lowest BCUT2D eigenvalue weighted by Gasteiger charge is -2.41. The van der Waals surface area contributed by atoms with Gasteiger partial charge < -0.3 is 14.2 Å². The van der Waals surface area contributed by atoms with E-state index in [9.17, 15) is 4.79 Å². The molecular formula is C20H25N3O3. The van der Waals surface area contributed by atoms with Gasteiger partial charge in [0.1, 0.15) is 5.75 Å². The fraction of sp³-hybridized carbons (Fsp3) is 0.550. The zero-order valence-electron chi connectivity index (χ0n) is 15.2. The van der Waals surface area contributed by atoms with E-state index in [1.807, 2.05) is 35.2 Å². The first kappa shape index (κ1) is 17.1. The van der Waals surface area contributed by atoms with Crippen molar-refractivity contribution in [1.82, 2.24) is 15.0 Å². The summed E-state index contributed by atoms with van der Waals surface area (Å²) in [6.07, 6.45) is 5.18. The van der Waals surface area contributed by atoms with Gasteiger partial charge in [-0.15, -0.1) is 0 Å². The fourth-order valence-electron chi connectivity index (χ4n) is 3.74. The number of para-hydroxylation sites is 1. The number of likely N-dealkylation sites (tertiary alicyclic amines) is 1. The molecule has 1 aliphatic carbocycles. The lowest BCUT2D eigenvalue weighted by molar-refractivity contribution is -0.140. The highest BCUT2D eigenvalue weighted by molar-refractivity contribution is 5.79. The second kappa shape index (κ2) is 7.09.